The molecule has 1 atom stereocenters. The Morgan fingerprint density at radius 1 is 1.07 bits per heavy atom. The molecule has 3 rings (SSSR count). The smallest absolute Gasteiger partial charge is 0.409 e. The Balaban J connectivity index is 1.66. The quantitative estimate of drug-likeness (QED) is 0.743. The van der Waals surface area contributed by atoms with Gasteiger partial charge < -0.3 is 19.4 Å². The average Bonchev–Trinajstić information content (AvgIpc) is 3.19. The monoisotopic (exact) mass is 427 g/mol. The summed E-state index contributed by atoms with van der Waals surface area (Å²) in [5, 5.41) is 0.737. The van der Waals surface area contributed by atoms with Crippen LogP contribution >= 0.6 is 23.2 Å². The van der Waals surface area contributed by atoms with Crippen LogP contribution in [-0.2, 0) is 9.53 Å². The molecule has 0 spiro atoms. The van der Waals surface area contributed by atoms with Crippen LogP contribution in [0.1, 0.15) is 30.1 Å². The lowest BCUT2D eigenvalue weighted by atomic mass is 10.1. The zero-order valence-corrected chi connectivity index (χ0v) is 17.2. The number of nitrogens with zero attached hydrogens (tertiary/aromatic N) is 3. The predicted molar refractivity (Wildman–Crippen MR) is 106 cm³/mol. The molecule has 0 N–H and O–H groups in total. The van der Waals surface area contributed by atoms with E-state index < -0.39 is 6.04 Å². The average molecular weight is 428 g/mol. The number of likely N-dealkylation sites (tertiary alicyclic amines) is 1. The van der Waals surface area contributed by atoms with E-state index in [0.717, 1.165) is 6.42 Å². The van der Waals surface area contributed by atoms with E-state index in [-0.39, 0.29) is 17.9 Å². The van der Waals surface area contributed by atoms with Crippen LogP contribution in [-0.4, -0.2) is 78.0 Å². The molecule has 152 valence electrons. The molecule has 2 heterocycles. The SMILES string of the molecule is CCOC(=O)N1CCN(C(=O)C2CCCN2C(=O)c2cc(Cl)ccc2Cl)CC1. The van der Waals surface area contributed by atoms with Gasteiger partial charge in [-0.1, -0.05) is 23.2 Å². The van der Waals surface area contributed by atoms with Gasteiger partial charge in [0, 0.05) is 37.7 Å². The molecule has 0 bridgehead atoms. The lowest BCUT2D eigenvalue weighted by Crippen LogP contribution is -2.55. The van der Waals surface area contributed by atoms with E-state index in [1.165, 1.54) is 6.07 Å². The Morgan fingerprint density at radius 3 is 2.43 bits per heavy atom. The highest BCUT2D eigenvalue weighted by atomic mass is 35.5. The zero-order chi connectivity index (χ0) is 20.3. The third kappa shape index (κ3) is 4.36. The molecule has 0 aromatic heterocycles. The minimum Gasteiger partial charge on any atom is -0.450 e. The second-order valence-corrected chi connectivity index (χ2v) is 7.64. The fourth-order valence-electron chi connectivity index (χ4n) is 3.62. The maximum absolute atomic E-state index is 13.0. The summed E-state index contributed by atoms with van der Waals surface area (Å²) in [5.41, 5.74) is 0.306. The number of benzene rings is 1. The Morgan fingerprint density at radius 2 is 1.75 bits per heavy atom. The number of amides is 3. The van der Waals surface area contributed by atoms with Crippen LogP contribution in [0.2, 0.25) is 10.0 Å². The van der Waals surface area contributed by atoms with Crippen molar-refractivity contribution in [2.75, 3.05) is 39.3 Å². The van der Waals surface area contributed by atoms with Gasteiger partial charge >= 0.3 is 6.09 Å². The Kier molecular flexibility index (Phi) is 6.67. The summed E-state index contributed by atoms with van der Waals surface area (Å²) in [4.78, 5) is 42.7. The minimum absolute atomic E-state index is 0.0903. The van der Waals surface area contributed by atoms with Gasteiger partial charge in [0.1, 0.15) is 6.04 Å². The fourth-order valence-corrected chi connectivity index (χ4v) is 3.99. The number of ether oxygens (including phenoxy) is 1. The van der Waals surface area contributed by atoms with Gasteiger partial charge in [-0.3, -0.25) is 9.59 Å². The van der Waals surface area contributed by atoms with E-state index in [1.54, 1.807) is 33.8 Å². The number of halogens is 2. The van der Waals surface area contributed by atoms with Crippen molar-refractivity contribution in [3.63, 3.8) is 0 Å². The van der Waals surface area contributed by atoms with Crippen LogP contribution in [0, 0.1) is 0 Å². The van der Waals surface area contributed by atoms with Crippen molar-refractivity contribution in [1.82, 2.24) is 14.7 Å². The highest BCUT2D eigenvalue weighted by Gasteiger charge is 2.38. The molecule has 9 heteroatoms. The zero-order valence-electron chi connectivity index (χ0n) is 15.7. The number of hydrogen-bond donors (Lipinski definition) is 0. The first kappa shape index (κ1) is 20.7. The summed E-state index contributed by atoms with van der Waals surface area (Å²) in [7, 11) is 0. The van der Waals surface area contributed by atoms with Gasteiger partial charge in [0.15, 0.2) is 0 Å². The third-order valence-corrected chi connectivity index (χ3v) is 5.64. The van der Waals surface area contributed by atoms with E-state index in [1.807, 2.05) is 0 Å². The highest BCUT2D eigenvalue weighted by molar-refractivity contribution is 6.35. The number of hydrogen-bond acceptors (Lipinski definition) is 4. The molecule has 2 saturated heterocycles. The molecule has 1 aromatic rings. The number of piperazine rings is 1. The summed E-state index contributed by atoms with van der Waals surface area (Å²) in [6.07, 6.45) is 1.01. The van der Waals surface area contributed by atoms with Crippen LogP contribution in [0.15, 0.2) is 18.2 Å². The molecule has 0 saturated carbocycles. The first-order chi connectivity index (χ1) is 13.4. The van der Waals surface area contributed by atoms with Crippen LogP contribution in [0.25, 0.3) is 0 Å². The summed E-state index contributed by atoms with van der Waals surface area (Å²) in [6.45, 7) is 4.28. The van der Waals surface area contributed by atoms with Crippen molar-refractivity contribution < 1.29 is 19.1 Å². The molecular formula is C19H23Cl2N3O4. The molecule has 2 aliphatic rings. The van der Waals surface area contributed by atoms with E-state index in [0.29, 0.717) is 61.4 Å². The van der Waals surface area contributed by atoms with Gasteiger partial charge in [-0.15, -0.1) is 0 Å². The summed E-state index contributed by atoms with van der Waals surface area (Å²) >= 11 is 12.2. The van der Waals surface area contributed by atoms with Gasteiger partial charge in [0.25, 0.3) is 5.91 Å². The normalized spacial score (nSPS) is 19.7. The summed E-state index contributed by atoms with van der Waals surface area (Å²) < 4.78 is 5.00. The van der Waals surface area contributed by atoms with Crippen molar-refractivity contribution in [3.8, 4) is 0 Å². The van der Waals surface area contributed by atoms with E-state index in [9.17, 15) is 14.4 Å². The predicted octanol–water partition coefficient (Wildman–Crippen LogP) is 2.90. The largest absolute Gasteiger partial charge is 0.450 e. The van der Waals surface area contributed by atoms with Crippen LogP contribution in [0.4, 0.5) is 4.79 Å². The molecular weight excluding hydrogens is 405 g/mol. The van der Waals surface area contributed by atoms with E-state index in [2.05, 4.69) is 0 Å². The van der Waals surface area contributed by atoms with Crippen LogP contribution in [0.5, 0.6) is 0 Å². The topological polar surface area (TPSA) is 70.2 Å². The number of rotatable bonds is 3. The van der Waals surface area contributed by atoms with Gasteiger partial charge in [-0.05, 0) is 38.0 Å². The van der Waals surface area contributed by atoms with Crippen molar-refractivity contribution in [2.24, 2.45) is 0 Å². The standard InChI is InChI=1S/C19H23Cl2N3O4/c1-2-28-19(27)23-10-8-22(9-11-23)18(26)16-4-3-7-24(16)17(25)14-12-13(20)5-6-15(14)21/h5-6,12,16H,2-4,7-11H2,1H3. The Hall–Kier alpha value is -1.99. The fraction of sp³-hybridized carbons (Fsp3) is 0.526. The maximum Gasteiger partial charge on any atom is 0.409 e. The molecule has 2 aliphatic heterocycles. The van der Waals surface area contributed by atoms with Crippen molar-refractivity contribution in [3.05, 3.63) is 33.8 Å². The molecule has 1 aromatic carbocycles. The number of carbonyl (C=O) groups excluding carboxylic acids is 3. The molecule has 1 unspecified atom stereocenters. The van der Waals surface area contributed by atoms with Gasteiger partial charge in [-0.25, -0.2) is 4.79 Å². The maximum atomic E-state index is 13.0. The van der Waals surface area contributed by atoms with Crippen molar-refractivity contribution >= 4 is 41.1 Å². The molecule has 2 fully saturated rings. The second-order valence-electron chi connectivity index (χ2n) is 6.79. The molecule has 0 radical (unpaired) electrons. The minimum atomic E-state index is -0.517. The lowest BCUT2D eigenvalue weighted by molar-refractivity contribution is -0.136. The van der Waals surface area contributed by atoms with Gasteiger partial charge in [0.2, 0.25) is 5.91 Å². The molecule has 0 aliphatic carbocycles. The van der Waals surface area contributed by atoms with Gasteiger partial charge in [0.05, 0.1) is 17.2 Å². The lowest BCUT2D eigenvalue weighted by Gasteiger charge is -2.36. The van der Waals surface area contributed by atoms with Crippen molar-refractivity contribution in [1.29, 1.82) is 0 Å². The second kappa shape index (κ2) is 9.01. The highest BCUT2D eigenvalue weighted by Crippen LogP contribution is 2.27. The first-order valence-corrected chi connectivity index (χ1v) is 10.1. The van der Waals surface area contributed by atoms with Crippen molar-refractivity contribution in [2.45, 2.75) is 25.8 Å². The Bertz CT molecular complexity index is 766. The first-order valence-electron chi connectivity index (χ1n) is 9.39. The third-order valence-electron chi connectivity index (χ3n) is 5.07. The summed E-state index contributed by atoms with van der Waals surface area (Å²) in [5.74, 6) is -0.374. The number of carbonyl (C=O) groups is 3. The molecule has 28 heavy (non-hydrogen) atoms. The molecule has 7 nitrogen and oxygen atoms in total. The van der Waals surface area contributed by atoms with Crippen LogP contribution < -0.4 is 0 Å². The Labute approximate surface area is 174 Å². The summed E-state index contributed by atoms with van der Waals surface area (Å²) in [6, 6.07) is 4.22. The van der Waals surface area contributed by atoms with E-state index in [4.69, 9.17) is 27.9 Å². The van der Waals surface area contributed by atoms with Gasteiger partial charge in [-0.2, -0.15) is 0 Å². The van der Waals surface area contributed by atoms with E-state index >= 15 is 0 Å². The molecule has 3 amide bonds. The van der Waals surface area contributed by atoms with Crippen LogP contribution in [0.3, 0.4) is 0 Å².